The molecule has 1 aliphatic heterocycles. The zero-order valence-electron chi connectivity index (χ0n) is 22.3. The molecule has 0 spiro atoms. The second kappa shape index (κ2) is 11.9. The number of cyclic esters (lactones) is 1. The molecule has 0 bridgehead atoms. The molecule has 0 radical (unpaired) electrons. The van der Waals surface area contributed by atoms with E-state index < -0.39 is 11.4 Å². The molecule has 0 amide bonds. The molecule has 1 N–H and O–H groups in total. The minimum Gasteiger partial charge on any atom is -0.490 e. The molecule has 2 heterocycles. The predicted molar refractivity (Wildman–Crippen MR) is 148 cm³/mol. The largest absolute Gasteiger partial charge is 0.490 e. The maximum atomic E-state index is 13.7. The van der Waals surface area contributed by atoms with Crippen LogP contribution in [0.2, 0.25) is 5.02 Å². The van der Waals surface area contributed by atoms with Crippen LogP contribution in [0.4, 0.5) is 15.9 Å². The first-order chi connectivity index (χ1) is 18.8. The molecule has 0 unspecified atom stereocenters. The molecule has 1 aromatic heterocycles. The average molecular weight is 557 g/mol. The van der Waals surface area contributed by atoms with Crippen molar-refractivity contribution in [3.63, 3.8) is 0 Å². The normalized spacial score (nSPS) is 17.8. The van der Waals surface area contributed by atoms with Crippen LogP contribution in [0, 0.1) is 11.7 Å². The zero-order valence-corrected chi connectivity index (χ0v) is 23.1. The summed E-state index contributed by atoms with van der Waals surface area (Å²) in [4.78, 5) is 22.9. The fourth-order valence-electron chi connectivity index (χ4n) is 5.26. The first-order valence-corrected chi connectivity index (χ1v) is 13.8. The molecule has 0 atom stereocenters. The highest BCUT2D eigenvalue weighted by Crippen LogP contribution is 2.36. The van der Waals surface area contributed by atoms with Crippen molar-refractivity contribution < 1.29 is 23.4 Å². The van der Waals surface area contributed by atoms with Gasteiger partial charge in [-0.25, -0.2) is 14.4 Å². The molecule has 5 rings (SSSR count). The number of rotatable bonds is 10. The molecule has 8 nitrogen and oxygen atoms in total. The molecule has 1 aliphatic carbocycles. The minimum atomic E-state index is -0.492. The van der Waals surface area contributed by atoms with Crippen LogP contribution in [0.1, 0.15) is 46.0 Å². The smallest absolute Gasteiger partial charge is 0.320 e. The summed E-state index contributed by atoms with van der Waals surface area (Å²) in [5.41, 5.74) is 0.811. The predicted octanol–water partition coefficient (Wildman–Crippen LogP) is 6.14. The van der Waals surface area contributed by atoms with E-state index in [1.807, 2.05) is 26.0 Å². The number of fused-ring (bicyclic) bond motifs is 1. The third kappa shape index (κ3) is 7.08. The summed E-state index contributed by atoms with van der Waals surface area (Å²) < 4.78 is 31.6. The first kappa shape index (κ1) is 27.4. The molecular formula is C29H34ClFN4O4. The Hall–Kier alpha value is -3.17. The summed E-state index contributed by atoms with van der Waals surface area (Å²) in [6.07, 6.45) is 7.04. The van der Waals surface area contributed by atoms with Gasteiger partial charge in [-0.15, -0.1) is 0 Å². The Labute approximate surface area is 232 Å². The molecule has 2 aromatic carbocycles. The van der Waals surface area contributed by atoms with E-state index in [-0.39, 0.29) is 17.5 Å². The van der Waals surface area contributed by atoms with Gasteiger partial charge in [0, 0.05) is 30.2 Å². The van der Waals surface area contributed by atoms with Gasteiger partial charge in [0.05, 0.1) is 30.3 Å². The maximum absolute atomic E-state index is 13.7. The summed E-state index contributed by atoms with van der Waals surface area (Å²) >= 11 is 5.97. The van der Waals surface area contributed by atoms with E-state index in [0.29, 0.717) is 60.7 Å². The number of benzene rings is 2. The average Bonchev–Trinajstić information content (AvgIpc) is 3.40. The lowest BCUT2D eigenvalue weighted by molar-refractivity contribution is -0.169. The van der Waals surface area contributed by atoms with Crippen LogP contribution in [-0.2, 0) is 9.53 Å². The number of nitrogens with one attached hydrogen (secondary N) is 1. The monoisotopic (exact) mass is 556 g/mol. The number of ether oxygens (including phenoxy) is 3. The van der Waals surface area contributed by atoms with Gasteiger partial charge >= 0.3 is 5.97 Å². The van der Waals surface area contributed by atoms with Gasteiger partial charge in [0.1, 0.15) is 23.6 Å². The Morgan fingerprint density at radius 3 is 2.72 bits per heavy atom. The first-order valence-electron chi connectivity index (χ1n) is 13.5. The number of hydrogen-bond acceptors (Lipinski definition) is 8. The molecule has 2 fully saturated rings. The number of anilines is 2. The number of aromatic nitrogens is 2. The van der Waals surface area contributed by atoms with Crippen molar-refractivity contribution in [2.45, 2.75) is 51.6 Å². The van der Waals surface area contributed by atoms with Crippen LogP contribution in [0.5, 0.6) is 11.5 Å². The molecule has 39 heavy (non-hydrogen) atoms. The molecule has 10 heteroatoms. The van der Waals surface area contributed by atoms with Crippen molar-refractivity contribution >= 4 is 40.0 Å². The number of carbonyl (C=O) groups is 1. The van der Waals surface area contributed by atoms with Crippen LogP contribution in [0.15, 0.2) is 36.7 Å². The molecule has 1 saturated carbocycles. The fraction of sp³-hybridized carbons (Fsp3) is 0.483. The summed E-state index contributed by atoms with van der Waals surface area (Å²) in [6.45, 7) is 6.61. The van der Waals surface area contributed by atoms with Crippen molar-refractivity contribution in [1.82, 2.24) is 14.9 Å². The Kier molecular flexibility index (Phi) is 8.37. The maximum Gasteiger partial charge on any atom is 0.320 e. The van der Waals surface area contributed by atoms with Crippen LogP contribution in [0.3, 0.4) is 0 Å². The highest BCUT2D eigenvalue weighted by Gasteiger charge is 2.32. The fourth-order valence-corrected chi connectivity index (χ4v) is 5.44. The van der Waals surface area contributed by atoms with Crippen LogP contribution < -0.4 is 14.8 Å². The summed E-state index contributed by atoms with van der Waals surface area (Å²) in [6, 6.07) is 8.18. The highest BCUT2D eigenvalue weighted by molar-refractivity contribution is 6.31. The van der Waals surface area contributed by atoms with Gasteiger partial charge in [-0.1, -0.05) is 24.4 Å². The number of carbonyl (C=O) groups excluding carboxylic acids is 1. The lowest BCUT2D eigenvalue weighted by Crippen LogP contribution is -2.51. The van der Waals surface area contributed by atoms with Crippen LogP contribution >= 0.6 is 11.6 Å². The Balaban J connectivity index is 1.34. The van der Waals surface area contributed by atoms with Crippen molar-refractivity contribution in [3.05, 3.63) is 47.5 Å². The van der Waals surface area contributed by atoms with E-state index in [0.717, 1.165) is 11.8 Å². The van der Waals surface area contributed by atoms with Gasteiger partial charge < -0.3 is 19.5 Å². The minimum absolute atomic E-state index is 0.0235. The van der Waals surface area contributed by atoms with Crippen molar-refractivity contribution in [1.29, 1.82) is 0 Å². The molecule has 208 valence electrons. The lowest BCUT2D eigenvalue weighted by atomic mass is 10.1. The SMILES string of the molecule is CC1(C)CN(CCCOc2cc3c(Nc4ccc(F)c(Cl)c4)ncnc3cc2OCC2CCCC2)CC(=O)O1. The Morgan fingerprint density at radius 1 is 1.15 bits per heavy atom. The number of halogens is 2. The van der Waals surface area contributed by atoms with E-state index >= 15 is 0 Å². The second-order valence-electron chi connectivity index (χ2n) is 10.9. The zero-order chi connectivity index (χ0) is 27.4. The van der Waals surface area contributed by atoms with Gasteiger partial charge in [0.2, 0.25) is 0 Å². The third-order valence-corrected chi connectivity index (χ3v) is 7.35. The summed E-state index contributed by atoms with van der Waals surface area (Å²) in [5.74, 6) is 1.65. The molecule has 2 aliphatic rings. The van der Waals surface area contributed by atoms with Gasteiger partial charge in [0.15, 0.2) is 11.5 Å². The molecular weight excluding hydrogens is 523 g/mol. The van der Waals surface area contributed by atoms with E-state index in [1.54, 1.807) is 6.07 Å². The van der Waals surface area contributed by atoms with Crippen molar-refractivity contribution in [2.24, 2.45) is 5.92 Å². The molecule has 1 saturated heterocycles. The van der Waals surface area contributed by atoms with E-state index in [2.05, 4.69) is 20.2 Å². The number of nitrogens with zero attached hydrogens (tertiary/aromatic N) is 3. The van der Waals surface area contributed by atoms with Crippen molar-refractivity contribution in [3.8, 4) is 11.5 Å². The van der Waals surface area contributed by atoms with Crippen LogP contribution in [0.25, 0.3) is 10.9 Å². The number of hydrogen-bond donors (Lipinski definition) is 1. The van der Waals surface area contributed by atoms with Gasteiger partial charge in [-0.2, -0.15) is 0 Å². The summed E-state index contributed by atoms with van der Waals surface area (Å²) in [5, 5.41) is 3.97. The van der Waals surface area contributed by atoms with Gasteiger partial charge in [-0.3, -0.25) is 9.69 Å². The van der Waals surface area contributed by atoms with Crippen molar-refractivity contribution in [2.75, 3.05) is 38.2 Å². The van der Waals surface area contributed by atoms with Gasteiger partial charge in [-0.05, 0) is 63.3 Å². The van der Waals surface area contributed by atoms with Crippen LogP contribution in [-0.4, -0.2) is 59.3 Å². The Morgan fingerprint density at radius 2 is 1.95 bits per heavy atom. The van der Waals surface area contributed by atoms with E-state index in [9.17, 15) is 9.18 Å². The lowest BCUT2D eigenvalue weighted by Gasteiger charge is -2.37. The second-order valence-corrected chi connectivity index (χ2v) is 11.3. The third-order valence-electron chi connectivity index (χ3n) is 7.06. The standard InChI is InChI=1S/C29H34ClFN4O4/c1-29(2)17-35(15-27(36)39-29)10-5-11-37-25-13-21-24(14-26(25)38-16-19-6-3-4-7-19)32-18-33-28(21)34-20-8-9-23(31)22(30)12-20/h8-9,12-14,18-19H,3-7,10-11,15-17H2,1-2H3,(H,32,33,34). The topological polar surface area (TPSA) is 85.8 Å². The Bertz CT molecular complexity index is 1330. The van der Waals surface area contributed by atoms with E-state index in [4.69, 9.17) is 25.8 Å². The molecule has 3 aromatic rings. The number of esters is 1. The van der Waals surface area contributed by atoms with E-state index in [1.165, 1.54) is 44.1 Å². The summed E-state index contributed by atoms with van der Waals surface area (Å²) in [7, 11) is 0. The van der Waals surface area contributed by atoms with Gasteiger partial charge in [0.25, 0.3) is 0 Å². The number of morpholine rings is 1. The quantitative estimate of drug-likeness (QED) is 0.235. The highest BCUT2D eigenvalue weighted by atomic mass is 35.5.